The molecule has 2 fully saturated rings. The standard InChI is InChI=1S/C9H17N/c1-7-4-2-3-5-8-6-9(8)10-7/h7-10H,2-6H2,1H3. The molecule has 0 amide bonds. The van der Waals surface area contributed by atoms with Crippen molar-refractivity contribution < 1.29 is 0 Å². The fourth-order valence-corrected chi connectivity index (χ4v) is 2.08. The van der Waals surface area contributed by atoms with E-state index >= 15 is 0 Å². The molecule has 0 aromatic rings. The first-order chi connectivity index (χ1) is 4.86. The topological polar surface area (TPSA) is 12.0 Å². The van der Waals surface area contributed by atoms with E-state index in [1.54, 1.807) is 0 Å². The lowest BCUT2D eigenvalue weighted by Gasteiger charge is -2.16. The first-order valence-electron chi connectivity index (χ1n) is 4.62. The first kappa shape index (κ1) is 6.66. The van der Waals surface area contributed by atoms with E-state index in [4.69, 9.17) is 0 Å². The third-order valence-corrected chi connectivity index (χ3v) is 2.88. The quantitative estimate of drug-likeness (QED) is 0.540. The molecule has 2 rings (SSSR count). The van der Waals surface area contributed by atoms with Gasteiger partial charge in [0.25, 0.3) is 0 Å². The summed E-state index contributed by atoms with van der Waals surface area (Å²) in [6, 6.07) is 1.70. The molecule has 1 aliphatic carbocycles. The summed E-state index contributed by atoms with van der Waals surface area (Å²) in [4.78, 5) is 0. The van der Waals surface area contributed by atoms with E-state index in [0.29, 0.717) is 0 Å². The van der Waals surface area contributed by atoms with E-state index in [2.05, 4.69) is 12.2 Å². The van der Waals surface area contributed by atoms with E-state index < -0.39 is 0 Å². The van der Waals surface area contributed by atoms with Gasteiger partial charge in [-0.2, -0.15) is 0 Å². The van der Waals surface area contributed by atoms with Gasteiger partial charge in [0, 0.05) is 12.1 Å². The smallest absolute Gasteiger partial charge is 0.0102 e. The number of hydrogen-bond acceptors (Lipinski definition) is 1. The Morgan fingerprint density at radius 1 is 1.20 bits per heavy atom. The van der Waals surface area contributed by atoms with E-state index in [1.165, 1.54) is 32.1 Å². The zero-order valence-electron chi connectivity index (χ0n) is 6.77. The molecular weight excluding hydrogens is 122 g/mol. The fraction of sp³-hybridized carbons (Fsp3) is 1.00. The summed E-state index contributed by atoms with van der Waals surface area (Å²) >= 11 is 0. The van der Waals surface area contributed by atoms with Gasteiger partial charge in [-0.25, -0.2) is 0 Å². The highest BCUT2D eigenvalue weighted by molar-refractivity contribution is 4.95. The van der Waals surface area contributed by atoms with Gasteiger partial charge in [-0.1, -0.05) is 12.8 Å². The highest BCUT2D eigenvalue weighted by atomic mass is 15.0. The zero-order valence-corrected chi connectivity index (χ0v) is 6.77. The van der Waals surface area contributed by atoms with Crippen LogP contribution in [0.1, 0.15) is 39.0 Å². The molecular formula is C9H17N. The van der Waals surface area contributed by atoms with Crippen LogP contribution in [0, 0.1) is 5.92 Å². The Morgan fingerprint density at radius 3 is 2.90 bits per heavy atom. The maximum absolute atomic E-state index is 3.66. The Hall–Kier alpha value is -0.0400. The fourth-order valence-electron chi connectivity index (χ4n) is 2.08. The van der Waals surface area contributed by atoms with Crippen LogP contribution in [0.2, 0.25) is 0 Å². The van der Waals surface area contributed by atoms with Crippen LogP contribution < -0.4 is 5.32 Å². The summed E-state index contributed by atoms with van der Waals surface area (Å²) in [6.07, 6.45) is 7.27. The zero-order chi connectivity index (χ0) is 6.97. The van der Waals surface area contributed by atoms with Crippen molar-refractivity contribution >= 4 is 0 Å². The molecule has 2 aliphatic rings. The van der Waals surface area contributed by atoms with Crippen LogP contribution in [0.4, 0.5) is 0 Å². The van der Waals surface area contributed by atoms with Crippen molar-refractivity contribution in [2.45, 2.75) is 51.1 Å². The molecule has 1 saturated carbocycles. The lowest BCUT2D eigenvalue weighted by Crippen LogP contribution is -2.30. The van der Waals surface area contributed by atoms with Crippen LogP contribution in [-0.2, 0) is 0 Å². The van der Waals surface area contributed by atoms with Gasteiger partial charge in [-0.05, 0) is 32.1 Å². The average Bonchev–Trinajstić information content (AvgIpc) is 2.54. The minimum atomic E-state index is 0.787. The summed E-state index contributed by atoms with van der Waals surface area (Å²) in [5.74, 6) is 1.06. The Labute approximate surface area is 63.2 Å². The predicted molar refractivity (Wildman–Crippen MR) is 43.0 cm³/mol. The molecule has 1 heteroatoms. The van der Waals surface area contributed by atoms with Crippen LogP contribution >= 0.6 is 0 Å². The van der Waals surface area contributed by atoms with Gasteiger partial charge >= 0.3 is 0 Å². The summed E-state index contributed by atoms with van der Waals surface area (Å²) in [5.41, 5.74) is 0. The maximum Gasteiger partial charge on any atom is 0.0102 e. The highest BCUT2D eigenvalue weighted by Crippen LogP contribution is 2.37. The lowest BCUT2D eigenvalue weighted by molar-refractivity contribution is 0.430. The predicted octanol–water partition coefficient (Wildman–Crippen LogP) is 1.93. The molecule has 1 aliphatic heterocycles. The molecule has 0 bridgehead atoms. The van der Waals surface area contributed by atoms with E-state index in [0.717, 1.165) is 18.0 Å². The molecule has 1 saturated heterocycles. The van der Waals surface area contributed by atoms with Crippen LogP contribution in [0.25, 0.3) is 0 Å². The molecule has 3 unspecified atom stereocenters. The van der Waals surface area contributed by atoms with Gasteiger partial charge in [-0.3, -0.25) is 0 Å². The third-order valence-electron chi connectivity index (χ3n) is 2.88. The molecule has 1 nitrogen and oxygen atoms in total. The Balaban J connectivity index is 1.85. The van der Waals surface area contributed by atoms with E-state index in [9.17, 15) is 0 Å². The molecule has 10 heavy (non-hydrogen) atoms. The minimum Gasteiger partial charge on any atom is -0.311 e. The molecule has 0 aromatic heterocycles. The Morgan fingerprint density at radius 2 is 2.00 bits per heavy atom. The number of fused-ring (bicyclic) bond motifs is 1. The van der Waals surface area contributed by atoms with Crippen molar-refractivity contribution in [1.29, 1.82) is 0 Å². The first-order valence-corrected chi connectivity index (χ1v) is 4.62. The van der Waals surface area contributed by atoms with Gasteiger partial charge in [0.05, 0.1) is 0 Å². The van der Waals surface area contributed by atoms with Gasteiger partial charge in [0.2, 0.25) is 0 Å². The van der Waals surface area contributed by atoms with Gasteiger partial charge in [0.15, 0.2) is 0 Å². The molecule has 1 heterocycles. The Kier molecular flexibility index (Phi) is 1.69. The SMILES string of the molecule is CC1CCCCC2CC2N1. The second-order valence-electron chi connectivity index (χ2n) is 3.95. The van der Waals surface area contributed by atoms with Crippen molar-refractivity contribution in [2.75, 3.05) is 0 Å². The van der Waals surface area contributed by atoms with Crippen molar-refractivity contribution in [1.82, 2.24) is 5.32 Å². The highest BCUT2D eigenvalue weighted by Gasteiger charge is 2.37. The van der Waals surface area contributed by atoms with Crippen molar-refractivity contribution in [3.63, 3.8) is 0 Å². The molecule has 0 aromatic carbocycles. The second kappa shape index (κ2) is 2.54. The Bertz CT molecular complexity index is 122. The minimum absolute atomic E-state index is 0.787. The van der Waals surface area contributed by atoms with Crippen LogP contribution in [0.5, 0.6) is 0 Å². The number of nitrogens with one attached hydrogen (secondary N) is 1. The summed E-state index contributed by atoms with van der Waals surface area (Å²) in [6.45, 7) is 2.32. The van der Waals surface area contributed by atoms with Gasteiger partial charge in [-0.15, -0.1) is 0 Å². The van der Waals surface area contributed by atoms with E-state index in [1.807, 2.05) is 0 Å². The third kappa shape index (κ3) is 1.34. The van der Waals surface area contributed by atoms with Crippen molar-refractivity contribution in [3.8, 4) is 0 Å². The molecule has 1 N–H and O–H groups in total. The number of rotatable bonds is 0. The largest absolute Gasteiger partial charge is 0.311 e. The normalized spacial score (nSPS) is 47.1. The van der Waals surface area contributed by atoms with Gasteiger partial charge < -0.3 is 5.32 Å². The molecule has 0 radical (unpaired) electrons. The van der Waals surface area contributed by atoms with Crippen molar-refractivity contribution in [3.05, 3.63) is 0 Å². The van der Waals surface area contributed by atoms with Crippen molar-refractivity contribution in [2.24, 2.45) is 5.92 Å². The monoisotopic (exact) mass is 139 g/mol. The molecule has 58 valence electrons. The van der Waals surface area contributed by atoms with E-state index in [-0.39, 0.29) is 0 Å². The summed E-state index contributed by atoms with van der Waals surface area (Å²) in [7, 11) is 0. The number of hydrogen-bond donors (Lipinski definition) is 1. The maximum atomic E-state index is 3.66. The lowest BCUT2D eigenvalue weighted by atomic mass is 10.1. The summed E-state index contributed by atoms with van der Waals surface area (Å²) in [5, 5.41) is 3.66. The molecule has 3 atom stereocenters. The molecule has 0 spiro atoms. The van der Waals surface area contributed by atoms with Crippen LogP contribution in [0.15, 0.2) is 0 Å². The second-order valence-corrected chi connectivity index (χ2v) is 3.95. The van der Waals surface area contributed by atoms with Gasteiger partial charge in [0.1, 0.15) is 0 Å². The average molecular weight is 139 g/mol. The summed E-state index contributed by atoms with van der Waals surface area (Å²) < 4.78 is 0. The van der Waals surface area contributed by atoms with Crippen LogP contribution in [-0.4, -0.2) is 12.1 Å². The van der Waals surface area contributed by atoms with Crippen LogP contribution in [0.3, 0.4) is 0 Å².